The molecule has 2 rings (SSSR count). The lowest BCUT2D eigenvalue weighted by molar-refractivity contribution is 0.188. The highest BCUT2D eigenvalue weighted by molar-refractivity contribution is 5.42. The molecule has 2 heterocycles. The van der Waals surface area contributed by atoms with Gasteiger partial charge in [0.15, 0.2) is 0 Å². The van der Waals surface area contributed by atoms with Gasteiger partial charge in [-0.05, 0) is 24.6 Å². The van der Waals surface area contributed by atoms with Crippen LogP contribution in [0.15, 0.2) is 18.3 Å². The van der Waals surface area contributed by atoms with Crippen molar-refractivity contribution >= 4 is 5.82 Å². The van der Waals surface area contributed by atoms with Gasteiger partial charge in [-0.2, -0.15) is 0 Å². The Kier molecular flexibility index (Phi) is 4.52. The molecule has 0 bridgehead atoms. The van der Waals surface area contributed by atoms with Crippen LogP contribution < -0.4 is 10.6 Å². The smallest absolute Gasteiger partial charge is 0.128 e. The fourth-order valence-corrected chi connectivity index (χ4v) is 2.23. The molecule has 18 heavy (non-hydrogen) atoms. The third kappa shape index (κ3) is 3.19. The van der Waals surface area contributed by atoms with Crippen molar-refractivity contribution in [3.8, 4) is 0 Å². The second-order valence-corrected chi connectivity index (χ2v) is 4.79. The number of hydrogen-bond donors (Lipinski definition) is 2. The molecular formula is C13H22N4O. The molecule has 1 aromatic heterocycles. The fourth-order valence-electron chi connectivity index (χ4n) is 2.23. The minimum Gasteiger partial charge on any atom is -0.395 e. The molecule has 1 fully saturated rings. The highest BCUT2D eigenvalue weighted by Crippen LogP contribution is 2.18. The van der Waals surface area contributed by atoms with Gasteiger partial charge in [-0.1, -0.05) is 0 Å². The minimum atomic E-state index is 0.0439. The number of nitrogens with two attached hydrogens (primary N) is 1. The van der Waals surface area contributed by atoms with E-state index < -0.39 is 0 Å². The number of β-amino-alcohol motifs (C(OH)–C–C–N with tert-alkyl or cyclic N) is 1. The van der Waals surface area contributed by atoms with E-state index >= 15 is 0 Å². The van der Waals surface area contributed by atoms with E-state index in [-0.39, 0.29) is 12.6 Å². The van der Waals surface area contributed by atoms with Crippen molar-refractivity contribution in [3.05, 3.63) is 23.9 Å². The number of anilines is 1. The van der Waals surface area contributed by atoms with Crippen molar-refractivity contribution in [2.75, 3.05) is 44.2 Å². The van der Waals surface area contributed by atoms with Gasteiger partial charge in [-0.3, -0.25) is 4.90 Å². The van der Waals surface area contributed by atoms with Crippen LogP contribution >= 0.6 is 0 Å². The number of aromatic nitrogens is 1. The van der Waals surface area contributed by atoms with E-state index in [4.69, 9.17) is 10.8 Å². The zero-order valence-corrected chi connectivity index (χ0v) is 10.9. The van der Waals surface area contributed by atoms with Crippen LogP contribution in [0.4, 0.5) is 5.82 Å². The lowest BCUT2D eigenvalue weighted by Crippen LogP contribution is -2.47. The summed E-state index contributed by atoms with van der Waals surface area (Å²) >= 11 is 0. The molecule has 0 amide bonds. The second kappa shape index (κ2) is 6.13. The molecule has 0 spiro atoms. The first-order valence-electron chi connectivity index (χ1n) is 6.50. The number of rotatable bonds is 4. The highest BCUT2D eigenvalue weighted by Gasteiger charge is 2.17. The fraction of sp³-hybridized carbons (Fsp3) is 0.615. The molecule has 1 aromatic rings. The summed E-state index contributed by atoms with van der Waals surface area (Å²) in [7, 11) is 0. The van der Waals surface area contributed by atoms with Crippen molar-refractivity contribution in [2.24, 2.45) is 5.73 Å². The third-order valence-corrected chi connectivity index (χ3v) is 3.41. The lowest BCUT2D eigenvalue weighted by atomic mass is 10.1. The highest BCUT2D eigenvalue weighted by atomic mass is 16.3. The number of aliphatic hydroxyl groups excluding tert-OH is 1. The molecule has 3 N–H and O–H groups in total. The van der Waals surface area contributed by atoms with Crippen LogP contribution in [0.1, 0.15) is 18.5 Å². The Labute approximate surface area is 108 Å². The zero-order valence-electron chi connectivity index (χ0n) is 10.9. The van der Waals surface area contributed by atoms with Crippen molar-refractivity contribution in [3.63, 3.8) is 0 Å². The van der Waals surface area contributed by atoms with Gasteiger partial charge in [-0.15, -0.1) is 0 Å². The van der Waals surface area contributed by atoms with Crippen molar-refractivity contribution in [1.82, 2.24) is 9.88 Å². The van der Waals surface area contributed by atoms with E-state index in [0.29, 0.717) is 0 Å². The van der Waals surface area contributed by atoms with E-state index in [1.165, 1.54) is 0 Å². The van der Waals surface area contributed by atoms with E-state index in [2.05, 4.69) is 20.9 Å². The molecule has 1 aliphatic rings. The number of hydrogen-bond acceptors (Lipinski definition) is 5. The Hall–Kier alpha value is -1.17. The van der Waals surface area contributed by atoms with Crippen molar-refractivity contribution in [1.29, 1.82) is 0 Å². The summed E-state index contributed by atoms with van der Waals surface area (Å²) in [5.41, 5.74) is 7.01. The molecule has 1 saturated heterocycles. The van der Waals surface area contributed by atoms with Gasteiger partial charge in [0.05, 0.1) is 6.61 Å². The molecule has 0 radical (unpaired) electrons. The zero-order chi connectivity index (χ0) is 13.0. The molecule has 5 nitrogen and oxygen atoms in total. The van der Waals surface area contributed by atoms with Crippen LogP contribution in [0.3, 0.4) is 0 Å². The largest absolute Gasteiger partial charge is 0.395 e. The van der Waals surface area contributed by atoms with Gasteiger partial charge in [0.25, 0.3) is 0 Å². The Morgan fingerprint density at radius 2 is 2.11 bits per heavy atom. The van der Waals surface area contributed by atoms with Gasteiger partial charge >= 0.3 is 0 Å². The monoisotopic (exact) mass is 250 g/mol. The molecule has 0 aromatic carbocycles. The third-order valence-electron chi connectivity index (χ3n) is 3.41. The molecule has 100 valence electrons. The molecular weight excluding hydrogens is 228 g/mol. The van der Waals surface area contributed by atoms with Crippen molar-refractivity contribution in [2.45, 2.75) is 13.0 Å². The number of pyridine rings is 1. The maximum absolute atomic E-state index is 8.92. The van der Waals surface area contributed by atoms with Gasteiger partial charge in [0.2, 0.25) is 0 Å². The van der Waals surface area contributed by atoms with Crippen LogP contribution in [0.2, 0.25) is 0 Å². The molecule has 0 aliphatic carbocycles. The van der Waals surface area contributed by atoms with Gasteiger partial charge in [0.1, 0.15) is 5.82 Å². The van der Waals surface area contributed by atoms with Crippen LogP contribution in [-0.4, -0.2) is 54.3 Å². The Morgan fingerprint density at radius 3 is 2.72 bits per heavy atom. The minimum absolute atomic E-state index is 0.0439. The van der Waals surface area contributed by atoms with E-state index in [1.54, 1.807) is 0 Å². The molecule has 1 atom stereocenters. The molecule has 5 heteroatoms. The summed E-state index contributed by atoms with van der Waals surface area (Å²) in [6, 6.07) is 4.09. The number of piperazine rings is 1. The summed E-state index contributed by atoms with van der Waals surface area (Å²) in [6.45, 7) is 6.85. The van der Waals surface area contributed by atoms with Gasteiger partial charge in [-0.25, -0.2) is 4.98 Å². The quantitative estimate of drug-likeness (QED) is 0.800. The average Bonchev–Trinajstić information content (AvgIpc) is 2.40. The topological polar surface area (TPSA) is 65.6 Å². The first-order chi connectivity index (χ1) is 8.70. The van der Waals surface area contributed by atoms with Crippen molar-refractivity contribution < 1.29 is 5.11 Å². The second-order valence-electron chi connectivity index (χ2n) is 4.79. The maximum atomic E-state index is 8.92. The molecule has 1 aliphatic heterocycles. The number of aliphatic hydroxyl groups is 1. The first-order valence-corrected chi connectivity index (χ1v) is 6.50. The van der Waals surface area contributed by atoms with E-state index in [1.807, 2.05) is 19.2 Å². The Balaban J connectivity index is 1.98. The summed E-state index contributed by atoms with van der Waals surface area (Å²) in [5, 5.41) is 8.92. The summed E-state index contributed by atoms with van der Waals surface area (Å²) in [5.74, 6) is 1.01. The van der Waals surface area contributed by atoms with Gasteiger partial charge < -0.3 is 15.7 Å². The van der Waals surface area contributed by atoms with Crippen LogP contribution in [0, 0.1) is 0 Å². The predicted molar refractivity (Wildman–Crippen MR) is 72.6 cm³/mol. The molecule has 0 saturated carbocycles. The lowest BCUT2D eigenvalue weighted by Gasteiger charge is -2.35. The number of nitrogens with zero attached hydrogens (tertiary/aromatic N) is 3. The average molecular weight is 250 g/mol. The normalized spacial score (nSPS) is 18.9. The van der Waals surface area contributed by atoms with Gasteiger partial charge in [0, 0.05) is 45.0 Å². The maximum Gasteiger partial charge on any atom is 0.128 e. The first kappa shape index (κ1) is 13.3. The van der Waals surface area contributed by atoms with Crippen LogP contribution in [0.25, 0.3) is 0 Å². The standard InChI is InChI=1S/C13H22N4O/c1-11(14)12-2-3-15-13(10-12)17-6-4-16(5-7-17)8-9-18/h2-3,10-11,18H,4-9,14H2,1H3/t11-/m1/s1. The summed E-state index contributed by atoms with van der Waals surface area (Å²) < 4.78 is 0. The Bertz CT molecular complexity index is 375. The molecule has 0 unspecified atom stereocenters. The SMILES string of the molecule is C[C@@H](N)c1ccnc(N2CCN(CCO)CC2)c1. The van der Waals surface area contributed by atoms with E-state index in [0.717, 1.165) is 44.1 Å². The summed E-state index contributed by atoms with van der Waals surface area (Å²) in [6.07, 6.45) is 1.83. The van der Waals surface area contributed by atoms with Crippen LogP contribution in [-0.2, 0) is 0 Å². The predicted octanol–water partition coefficient (Wildman–Crippen LogP) is 0.216. The van der Waals surface area contributed by atoms with Crippen LogP contribution in [0.5, 0.6) is 0 Å². The summed E-state index contributed by atoms with van der Waals surface area (Å²) in [4.78, 5) is 8.97. The Morgan fingerprint density at radius 1 is 1.39 bits per heavy atom. The van der Waals surface area contributed by atoms with E-state index in [9.17, 15) is 0 Å².